The second-order valence-corrected chi connectivity index (χ2v) is 7.99. The monoisotopic (exact) mass is 382 g/mol. The molecular formula is C11H16Br2N2OS. The summed E-state index contributed by atoms with van der Waals surface area (Å²) in [6, 6.07) is 1.84. The van der Waals surface area contributed by atoms with Gasteiger partial charge in [-0.15, -0.1) is 11.3 Å². The van der Waals surface area contributed by atoms with E-state index >= 15 is 0 Å². The highest BCUT2D eigenvalue weighted by molar-refractivity contribution is 9.13. The average Bonchev–Trinajstić information content (AvgIpc) is 2.57. The first-order chi connectivity index (χ1) is 7.76. The van der Waals surface area contributed by atoms with E-state index in [0.717, 1.165) is 13.1 Å². The smallest absolute Gasteiger partial charge is 0.263 e. The fourth-order valence-electron chi connectivity index (χ4n) is 1.42. The molecule has 96 valence electrons. The maximum Gasteiger partial charge on any atom is 0.263 e. The van der Waals surface area contributed by atoms with Crippen LogP contribution in [-0.2, 0) is 0 Å². The molecule has 0 aliphatic rings. The molecule has 1 rings (SSSR count). The molecule has 2 N–H and O–H groups in total. The maximum absolute atomic E-state index is 12.2. The summed E-state index contributed by atoms with van der Waals surface area (Å²) < 4.78 is 1.85. The van der Waals surface area contributed by atoms with E-state index in [9.17, 15) is 4.79 Å². The van der Waals surface area contributed by atoms with E-state index in [4.69, 9.17) is 5.73 Å². The van der Waals surface area contributed by atoms with Crippen molar-refractivity contribution >= 4 is 49.1 Å². The number of hydrogen-bond donors (Lipinski definition) is 1. The van der Waals surface area contributed by atoms with E-state index in [0.29, 0.717) is 13.1 Å². The first-order valence-corrected chi connectivity index (χ1v) is 7.57. The van der Waals surface area contributed by atoms with Crippen LogP contribution in [0.1, 0.15) is 23.5 Å². The normalized spacial score (nSPS) is 11.6. The van der Waals surface area contributed by atoms with Crippen LogP contribution in [0.15, 0.2) is 14.3 Å². The number of thiophene rings is 1. The second kappa shape index (κ2) is 5.82. The van der Waals surface area contributed by atoms with E-state index in [-0.39, 0.29) is 11.3 Å². The van der Waals surface area contributed by atoms with Gasteiger partial charge in [-0.1, -0.05) is 13.8 Å². The first kappa shape index (κ1) is 15.1. The standard InChI is InChI=1S/C11H16Br2N2OS/c1-11(2,5-14)6-15(3)10(16)8-4-7(12)9(13)17-8/h4H,5-6,14H2,1-3H3. The highest BCUT2D eigenvalue weighted by Crippen LogP contribution is 2.33. The molecule has 0 spiro atoms. The van der Waals surface area contributed by atoms with Crippen molar-refractivity contribution in [2.45, 2.75) is 13.8 Å². The zero-order valence-corrected chi connectivity index (χ0v) is 14.1. The maximum atomic E-state index is 12.2. The van der Waals surface area contributed by atoms with Gasteiger partial charge in [0.2, 0.25) is 0 Å². The minimum absolute atomic E-state index is 0.0305. The number of carbonyl (C=O) groups excluding carboxylic acids is 1. The van der Waals surface area contributed by atoms with Gasteiger partial charge in [0.05, 0.1) is 8.66 Å². The van der Waals surface area contributed by atoms with Crippen molar-refractivity contribution in [3.63, 3.8) is 0 Å². The number of amides is 1. The van der Waals surface area contributed by atoms with Gasteiger partial charge in [0.1, 0.15) is 0 Å². The van der Waals surface area contributed by atoms with Crippen LogP contribution in [0.2, 0.25) is 0 Å². The first-order valence-electron chi connectivity index (χ1n) is 5.17. The molecule has 1 amide bonds. The molecule has 0 atom stereocenters. The fraction of sp³-hybridized carbons (Fsp3) is 0.545. The van der Waals surface area contributed by atoms with Crippen LogP contribution in [-0.4, -0.2) is 30.9 Å². The van der Waals surface area contributed by atoms with Crippen molar-refractivity contribution in [2.24, 2.45) is 11.1 Å². The van der Waals surface area contributed by atoms with E-state index < -0.39 is 0 Å². The average molecular weight is 384 g/mol. The molecule has 1 heterocycles. The Labute approximate surface area is 123 Å². The number of rotatable bonds is 4. The van der Waals surface area contributed by atoms with Crippen LogP contribution in [0, 0.1) is 5.41 Å². The zero-order valence-electron chi connectivity index (χ0n) is 10.1. The number of halogens is 2. The van der Waals surface area contributed by atoms with Gasteiger partial charge in [0, 0.05) is 18.1 Å². The summed E-state index contributed by atoms with van der Waals surface area (Å²) in [5.41, 5.74) is 5.61. The number of nitrogens with two attached hydrogens (primary N) is 1. The van der Waals surface area contributed by atoms with Gasteiger partial charge < -0.3 is 10.6 Å². The van der Waals surface area contributed by atoms with Crippen LogP contribution >= 0.6 is 43.2 Å². The molecule has 0 radical (unpaired) electrons. The minimum atomic E-state index is -0.0594. The van der Waals surface area contributed by atoms with Gasteiger partial charge in [0.25, 0.3) is 5.91 Å². The summed E-state index contributed by atoms with van der Waals surface area (Å²) in [7, 11) is 1.81. The summed E-state index contributed by atoms with van der Waals surface area (Å²) in [5.74, 6) is 0.0305. The molecule has 0 unspecified atom stereocenters. The van der Waals surface area contributed by atoms with Crippen LogP contribution < -0.4 is 5.73 Å². The third-order valence-corrected chi connectivity index (χ3v) is 5.66. The van der Waals surface area contributed by atoms with Crippen LogP contribution in [0.5, 0.6) is 0 Å². The molecule has 6 heteroatoms. The highest BCUT2D eigenvalue weighted by Gasteiger charge is 2.23. The molecule has 0 saturated carbocycles. The molecule has 0 fully saturated rings. The number of hydrogen-bond acceptors (Lipinski definition) is 3. The van der Waals surface area contributed by atoms with Crippen LogP contribution in [0.3, 0.4) is 0 Å². The lowest BCUT2D eigenvalue weighted by molar-refractivity contribution is 0.0745. The molecule has 17 heavy (non-hydrogen) atoms. The van der Waals surface area contributed by atoms with Gasteiger partial charge in [-0.3, -0.25) is 4.79 Å². The molecule has 1 aromatic heterocycles. The molecule has 0 aliphatic carbocycles. The number of nitrogens with zero attached hydrogens (tertiary/aromatic N) is 1. The van der Waals surface area contributed by atoms with Crippen molar-refractivity contribution in [1.29, 1.82) is 0 Å². The topological polar surface area (TPSA) is 46.3 Å². The Kier molecular flexibility index (Phi) is 5.19. The van der Waals surface area contributed by atoms with E-state index in [1.54, 1.807) is 11.9 Å². The van der Waals surface area contributed by atoms with E-state index in [1.165, 1.54) is 11.3 Å². The lowest BCUT2D eigenvalue weighted by atomic mass is 9.93. The molecule has 0 saturated heterocycles. The van der Waals surface area contributed by atoms with Crippen LogP contribution in [0.25, 0.3) is 0 Å². The van der Waals surface area contributed by atoms with Crippen molar-refractivity contribution in [3.8, 4) is 0 Å². The molecule has 0 bridgehead atoms. The van der Waals surface area contributed by atoms with E-state index in [1.807, 2.05) is 6.07 Å². The quantitative estimate of drug-likeness (QED) is 0.866. The van der Waals surface area contributed by atoms with Gasteiger partial charge in [-0.05, 0) is 49.9 Å². The summed E-state index contributed by atoms with van der Waals surface area (Å²) >= 11 is 8.20. The lowest BCUT2D eigenvalue weighted by Crippen LogP contribution is -2.39. The summed E-state index contributed by atoms with van der Waals surface area (Å²) in [4.78, 5) is 14.6. The van der Waals surface area contributed by atoms with Crippen molar-refractivity contribution < 1.29 is 4.79 Å². The summed E-state index contributed by atoms with van der Waals surface area (Å²) in [6.45, 7) is 5.31. The Balaban J connectivity index is 2.77. The van der Waals surface area contributed by atoms with Gasteiger partial charge in [-0.2, -0.15) is 0 Å². The van der Waals surface area contributed by atoms with Gasteiger partial charge in [0.15, 0.2) is 0 Å². The summed E-state index contributed by atoms with van der Waals surface area (Å²) in [6.07, 6.45) is 0. The van der Waals surface area contributed by atoms with Crippen molar-refractivity contribution in [3.05, 3.63) is 19.2 Å². The second-order valence-electron chi connectivity index (χ2n) is 4.76. The Morgan fingerprint density at radius 1 is 1.53 bits per heavy atom. The predicted octanol–water partition coefficient (Wildman–Crippen LogP) is 3.33. The predicted molar refractivity (Wildman–Crippen MR) is 79.5 cm³/mol. The zero-order chi connectivity index (χ0) is 13.2. The fourth-order valence-corrected chi connectivity index (χ4v) is 3.45. The van der Waals surface area contributed by atoms with Gasteiger partial charge in [-0.25, -0.2) is 0 Å². The van der Waals surface area contributed by atoms with Crippen molar-refractivity contribution in [2.75, 3.05) is 20.1 Å². The lowest BCUT2D eigenvalue weighted by Gasteiger charge is -2.28. The van der Waals surface area contributed by atoms with Crippen molar-refractivity contribution in [1.82, 2.24) is 4.90 Å². The third-order valence-electron chi connectivity index (χ3n) is 2.42. The molecule has 3 nitrogen and oxygen atoms in total. The Hall–Kier alpha value is 0.0900. The summed E-state index contributed by atoms with van der Waals surface area (Å²) in [5, 5.41) is 0. The van der Waals surface area contributed by atoms with Crippen LogP contribution in [0.4, 0.5) is 0 Å². The van der Waals surface area contributed by atoms with Gasteiger partial charge >= 0.3 is 0 Å². The molecule has 0 aliphatic heterocycles. The third kappa shape index (κ3) is 4.05. The molecular weight excluding hydrogens is 368 g/mol. The molecule has 1 aromatic rings. The SMILES string of the molecule is CN(CC(C)(C)CN)C(=O)c1cc(Br)c(Br)s1. The van der Waals surface area contributed by atoms with E-state index in [2.05, 4.69) is 45.7 Å². The Bertz CT molecular complexity index is 398. The minimum Gasteiger partial charge on any atom is -0.340 e. The largest absolute Gasteiger partial charge is 0.340 e. The molecule has 0 aromatic carbocycles. The Morgan fingerprint density at radius 3 is 2.53 bits per heavy atom. The highest BCUT2D eigenvalue weighted by atomic mass is 79.9. The Morgan fingerprint density at radius 2 is 2.12 bits per heavy atom. The number of carbonyl (C=O) groups is 1.